The first-order valence-corrected chi connectivity index (χ1v) is 13.3. The summed E-state index contributed by atoms with van der Waals surface area (Å²) in [4.78, 5) is 28.9. The minimum atomic E-state index is -3.32. The van der Waals surface area contributed by atoms with E-state index >= 15 is 0 Å². The highest BCUT2D eigenvalue weighted by Crippen LogP contribution is 2.34. The van der Waals surface area contributed by atoms with Gasteiger partial charge in [0.1, 0.15) is 5.60 Å². The van der Waals surface area contributed by atoms with Gasteiger partial charge in [0.15, 0.2) is 0 Å². The molecule has 2 aromatic rings. The summed E-state index contributed by atoms with van der Waals surface area (Å²) in [6.07, 6.45) is 3.33. The van der Waals surface area contributed by atoms with Crippen molar-refractivity contribution in [3.05, 3.63) is 54.1 Å². The van der Waals surface area contributed by atoms with Crippen LogP contribution in [0, 0.1) is 0 Å². The molecule has 2 saturated carbocycles. The molecule has 1 saturated heterocycles. The lowest BCUT2D eigenvalue weighted by molar-refractivity contribution is -0.161. The van der Waals surface area contributed by atoms with Gasteiger partial charge >= 0.3 is 0 Å². The van der Waals surface area contributed by atoms with E-state index < -0.39 is 15.6 Å². The molecule has 1 aliphatic heterocycles. The topological polar surface area (TPSA) is 107 Å². The van der Waals surface area contributed by atoms with Crippen LogP contribution in [0.4, 0.5) is 5.69 Å². The predicted molar refractivity (Wildman–Crippen MR) is 129 cm³/mol. The van der Waals surface area contributed by atoms with Crippen molar-refractivity contribution in [2.45, 2.75) is 43.0 Å². The summed E-state index contributed by atoms with van der Waals surface area (Å²) in [7, 11) is -3.32. The molecule has 0 spiro atoms. The second-order valence-corrected chi connectivity index (χ2v) is 11.4. The second kappa shape index (κ2) is 8.70. The molecular formula is C25H29N3O5S. The molecule has 2 aromatic carbocycles. The zero-order valence-electron chi connectivity index (χ0n) is 18.9. The van der Waals surface area contributed by atoms with Crippen LogP contribution < -0.4 is 4.72 Å². The monoisotopic (exact) mass is 483 g/mol. The van der Waals surface area contributed by atoms with Gasteiger partial charge in [-0.1, -0.05) is 24.3 Å². The van der Waals surface area contributed by atoms with Crippen LogP contribution in [0.15, 0.2) is 48.5 Å². The molecule has 0 aromatic heterocycles. The molecule has 180 valence electrons. The van der Waals surface area contributed by atoms with Crippen LogP contribution in [0.5, 0.6) is 0 Å². The molecule has 34 heavy (non-hydrogen) atoms. The Kier molecular flexibility index (Phi) is 5.85. The van der Waals surface area contributed by atoms with Gasteiger partial charge in [-0.2, -0.15) is 0 Å². The van der Waals surface area contributed by atoms with E-state index in [0.29, 0.717) is 63.1 Å². The molecule has 0 unspecified atom stereocenters. The summed E-state index contributed by atoms with van der Waals surface area (Å²) in [6, 6.07) is 14.5. The fraction of sp³-hybridized carbons (Fsp3) is 0.440. The molecule has 1 heterocycles. The van der Waals surface area contributed by atoms with E-state index in [1.807, 2.05) is 18.2 Å². The Morgan fingerprint density at radius 1 is 0.912 bits per heavy atom. The highest BCUT2D eigenvalue weighted by molar-refractivity contribution is 7.93. The average molecular weight is 484 g/mol. The third-order valence-corrected chi connectivity index (χ3v) is 8.85. The number of hydrogen-bond donors (Lipinski definition) is 2. The highest BCUT2D eigenvalue weighted by Gasteiger charge is 2.45. The van der Waals surface area contributed by atoms with Gasteiger partial charge in [0.2, 0.25) is 10.0 Å². The Labute approximate surface area is 199 Å². The van der Waals surface area contributed by atoms with Crippen LogP contribution in [-0.2, 0) is 14.8 Å². The summed E-state index contributed by atoms with van der Waals surface area (Å²) >= 11 is 0. The molecule has 2 N–H and O–H groups in total. The highest BCUT2D eigenvalue weighted by atomic mass is 32.2. The maximum atomic E-state index is 13.0. The number of piperazine rings is 1. The summed E-state index contributed by atoms with van der Waals surface area (Å²) in [5.74, 6) is -0.302. The van der Waals surface area contributed by atoms with Crippen LogP contribution >= 0.6 is 0 Å². The normalized spacial score (nSPS) is 19.9. The van der Waals surface area contributed by atoms with Crippen LogP contribution in [-0.4, -0.2) is 72.2 Å². The van der Waals surface area contributed by atoms with E-state index in [1.165, 1.54) is 0 Å². The number of rotatable bonds is 6. The van der Waals surface area contributed by atoms with Gasteiger partial charge in [0, 0.05) is 37.4 Å². The fourth-order valence-electron chi connectivity index (χ4n) is 4.51. The summed E-state index contributed by atoms with van der Waals surface area (Å²) < 4.78 is 27.1. The maximum Gasteiger partial charge on any atom is 0.254 e. The van der Waals surface area contributed by atoms with Crippen molar-refractivity contribution in [3.8, 4) is 11.1 Å². The van der Waals surface area contributed by atoms with Gasteiger partial charge in [-0.25, -0.2) is 8.42 Å². The number of amides is 2. The Bertz CT molecular complexity index is 1200. The SMILES string of the molecule is O=C(c1ccc(-c2cccc(NS(=O)(=O)C3CC3)c2)cc1)N1CCN(C(=O)C2(O)CCC2)CC1. The third-order valence-electron chi connectivity index (χ3n) is 6.98. The minimum Gasteiger partial charge on any atom is -0.380 e. The Morgan fingerprint density at radius 2 is 1.56 bits per heavy atom. The molecule has 5 rings (SSSR count). The number of carbonyl (C=O) groups excluding carboxylic acids is 2. The van der Waals surface area contributed by atoms with Crippen LogP contribution in [0.1, 0.15) is 42.5 Å². The average Bonchev–Trinajstić information content (AvgIpc) is 3.68. The Balaban J connectivity index is 1.21. The lowest BCUT2D eigenvalue weighted by atomic mass is 9.79. The number of carbonyl (C=O) groups is 2. The predicted octanol–water partition coefficient (Wildman–Crippen LogP) is 2.46. The first-order valence-electron chi connectivity index (χ1n) is 11.8. The van der Waals surface area contributed by atoms with Crippen LogP contribution in [0.2, 0.25) is 0 Å². The van der Waals surface area contributed by atoms with Crippen molar-refractivity contribution >= 4 is 27.5 Å². The van der Waals surface area contributed by atoms with Crippen molar-refractivity contribution in [2.24, 2.45) is 0 Å². The summed E-state index contributed by atoms with van der Waals surface area (Å²) in [6.45, 7) is 1.72. The molecular weight excluding hydrogens is 454 g/mol. The molecule has 0 bridgehead atoms. The maximum absolute atomic E-state index is 13.0. The fourth-order valence-corrected chi connectivity index (χ4v) is 5.89. The molecule has 3 fully saturated rings. The summed E-state index contributed by atoms with van der Waals surface area (Å²) in [5, 5.41) is 10.0. The van der Waals surface area contributed by atoms with E-state index in [9.17, 15) is 23.1 Å². The lowest BCUT2D eigenvalue weighted by Gasteiger charge is -2.42. The Hall–Kier alpha value is -2.91. The van der Waals surface area contributed by atoms with Gasteiger partial charge in [-0.3, -0.25) is 14.3 Å². The molecule has 8 nitrogen and oxygen atoms in total. The molecule has 0 radical (unpaired) electrons. The van der Waals surface area contributed by atoms with E-state index in [0.717, 1.165) is 17.5 Å². The standard InChI is InChI=1S/C25H29N3O5S/c29-23(27-13-15-28(16-14-27)24(30)25(31)11-2-12-25)19-7-5-18(6-8-19)20-3-1-4-21(17-20)26-34(32,33)22-9-10-22/h1,3-8,17,22,26,31H,2,9-16H2. The first-order chi connectivity index (χ1) is 16.2. The summed E-state index contributed by atoms with van der Waals surface area (Å²) in [5.41, 5.74) is 1.64. The molecule has 2 amide bonds. The van der Waals surface area contributed by atoms with Gasteiger partial charge in [-0.05, 0) is 67.5 Å². The number of nitrogens with zero attached hydrogens (tertiary/aromatic N) is 2. The zero-order valence-corrected chi connectivity index (χ0v) is 19.8. The quantitative estimate of drug-likeness (QED) is 0.656. The van der Waals surface area contributed by atoms with E-state index in [-0.39, 0.29) is 17.1 Å². The smallest absolute Gasteiger partial charge is 0.254 e. The number of benzene rings is 2. The van der Waals surface area contributed by atoms with Gasteiger partial charge in [0.25, 0.3) is 11.8 Å². The van der Waals surface area contributed by atoms with Crippen LogP contribution in [0.3, 0.4) is 0 Å². The molecule has 3 aliphatic rings. The van der Waals surface area contributed by atoms with Crippen molar-refractivity contribution in [1.29, 1.82) is 0 Å². The number of anilines is 1. The van der Waals surface area contributed by atoms with Crippen molar-refractivity contribution in [2.75, 3.05) is 30.9 Å². The van der Waals surface area contributed by atoms with Crippen molar-refractivity contribution in [3.63, 3.8) is 0 Å². The molecule has 0 atom stereocenters. The molecule has 2 aliphatic carbocycles. The van der Waals surface area contributed by atoms with Gasteiger partial charge in [-0.15, -0.1) is 0 Å². The lowest BCUT2D eigenvalue weighted by Crippen LogP contribution is -2.58. The largest absolute Gasteiger partial charge is 0.380 e. The second-order valence-electron chi connectivity index (χ2n) is 9.47. The number of nitrogens with one attached hydrogen (secondary N) is 1. The number of aliphatic hydroxyl groups is 1. The number of sulfonamides is 1. The van der Waals surface area contributed by atoms with E-state index in [1.54, 1.807) is 40.1 Å². The molecule has 9 heteroatoms. The minimum absolute atomic E-state index is 0.0908. The van der Waals surface area contributed by atoms with Crippen molar-refractivity contribution in [1.82, 2.24) is 9.80 Å². The zero-order chi connectivity index (χ0) is 23.9. The van der Waals surface area contributed by atoms with Crippen molar-refractivity contribution < 1.29 is 23.1 Å². The van der Waals surface area contributed by atoms with Gasteiger partial charge < -0.3 is 14.9 Å². The number of hydrogen-bond acceptors (Lipinski definition) is 5. The Morgan fingerprint density at radius 3 is 2.15 bits per heavy atom. The third kappa shape index (κ3) is 4.54. The van der Waals surface area contributed by atoms with Crippen LogP contribution in [0.25, 0.3) is 11.1 Å². The van der Waals surface area contributed by atoms with E-state index in [2.05, 4.69) is 4.72 Å². The van der Waals surface area contributed by atoms with Gasteiger partial charge in [0.05, 0.1) is 5.25 Å². The first kappa shape index (κ1) is 22.9. The van der Waals surface area contributed by atoms with E-state index in [4.69, 9.17) is 0 Å².